The molecule has 0 spiro atoms. The first-order chi connectivity index (χ1) is 20.0. The number of rotatable bonds is 10. The lowest BCUT2D eigenvalue weighted by atomic mass is 9.99. The molecule has 0 bridgehead atoms. The monoisotopic (exact) mass is 562 g/mol. The molecule has 0 aromatic heterocycles. The Hall–Kier alpha value is -3.11. The lowest BCUT2D eigenvalue weighted by molar-refractivity contribution is -0.308. The fourth-order valence-corrected chi connectivity index (χ4v) is 5.32. The van der Waals surface area contributed by atoms with Crippen molar-refractivity contribution in [2.75, 3.05) is 0 Å². The number of hydrogen-bond acceptors (Lipinski definition) is 8. The molecule has 41 heavy (non-hydrogen) atoms. The van der Waals surface area contributed by atoms with E-state index in [4.69, 9.17) is 28.4 Å². The van der Waals surface area contributed by atoms with Crippen molar-refractivity contribution < 1.29 is 38.3 Å². The van der Waals surface area contributed by atoms with Crippen LogP contribution in [0.3, 0.4) is 0 Å². The average Bonchev–Trinajstić information content (AvgIpc) is 2.98. The molecule has 1 N–H and O–H groups in total. The minimum Gasteiger partial charge on any atom is -0.453 e. The van der Waals surface area contributed by atoms with Gasteiger partial charge in [0, 0.05) is 12.8 Å². The summed E-state index contributed by atoms with van der Waals surface area (Å²) in [5, 5.41) is 10.4. The summed E-state index contributed by atoms with van der Waals surface area (Å²) < 4.78 is 36.9. The minimum atomic E-state index is -1.05. The van der Waals surface area contributed by atoms with Gasteiger partial charge in [-0.05, 0) is 37.1 Å². The smallest absolute Gasteiger partial charge is 0.338 e. The molecule has 5 rings (SSSR count). The topological polar surface area (TPSA) is 92.7 Å². The Morgan fingerprint density at radius 3 is 1.93 bits per heavy atom. The Kier molecular flexibility index (Phi) is 10.2. The van der Waals surface area contributed by atoms with Gasteiger partial charge in [-0.1, -0.05) is 78.9 Å². The van der Waals surface area contributed by atoms with Gasteiger partial charge >= 0.3 is 5.97 Å². The zero-order valence-electron chi connectivity index (χ0n) is 23.4. The quantitative estimate of drug-likeness (QED) is 0.344. The van der Waals surface area contributed by atoms with Gasteiger partial charge in [0.15, 0.2) is 18.7 Å². The van der Waals surface area contributed by atoms with Crippen LogP contribution in [0.15, 0.2) is 91.0 Å². The van der Waals surface area contributed by atoms with Gasteiger partial charge in [0.2, 0.25) is 0 Å². The highest BCUT2D eigenvalue weighted by Crippen LogP contribution is 2.32. The first kappa shape index (κ1) is 29.4. The number of hydrogen-bond donors (Lipinski definition) is 1. The largest absolute Gasteiger partial charge is 0.453 e. The Balaban J connectivity index is 1.28. The molecule has 2 aliphatic rings. The molecule has 0 aliphatic carbocycles. The molecule has 2 fully saturated rings. The van der Waals surface area contributed by atoms with Crippen LogP contribution >= 0.6 is 0 Å². The van der Waals surface area contributed by atoms with Crippen LogP contribution in [0.4, 0.5) is 0 Å². The Morgan fingerprint density at radius 1 is 0.732 bits per heavy atom. The first-order valence-corrected chi connectivity index (χ1v) is 14.2. The fraction of sp³-hybridized carbons (Fsp3) is 0.424. The fourth-order valence-electron chi connectivity index (χ4n) is 5.32. The molecule has 2 saturated heterocycles. The van der Waals surface area contributed by atoms with E-state index in [-0.39, 0.29) is 24.7 Å². The van der Waals surface area contributed by atoms with Gasteiger partial charge in [0.1, 0.15) is 12.2 Å². The van der Waals surface area contributed by atoms with Gasteiger partial charge in [-0.3, -0.25) is 0 Å². The summed E-state index contributed by atoms with van der Waals surface area (Å²) in [4.78, 5) is 12.9. The number of esters is 1. The minimum absolute atomic E-state index is 0.134. The van der Waals surface area contributed by atoms with E-state index in [0.717, 1.165) is 11.1 Å². The van der Waals surface area contributed by atoms with E-state index < -0.39 is 36.9 Å². The highest BCUT2D eigenvalue weighted by Gasteiger charge is 2.44. The second kappa shape index (κ2) is 14.2. The maximum absolute atomic E-state index is 12.9. The lowest BCUT2D eigenvalue weighted by Crippen LogP contribution is -2.55. The molecular weight excluding hydrogens is 524 g/mol. The van der Waals surface area contributed by atoms with Gasteiger partial charge in [-0.25, -0.2) is 4.79 Å². The standard InChI is InChI=1S/C33H38O8/c1-22-31(37-21-25-14-8-4-9-15-25)27(36-20-24-12-6-3-7-13-24)19-30(39-22)40-28-18-29(34)38-23(2)32(28)41-33(35)26-16-10-5-11-17-26/h3-17,22-23,27-32,34H,18-21H2,1-2H3/t22-,23-,27-,28-,29+,30+,31-,32-/m1/s1. The molecule has 8 nitrogen and oxygen atoms in total. The Bertz CT molecular complexity index is 1210. The van der Waals surface area contributed by atoms with E-state index >= 15 is 0 Å². The third-order valence-electron chi connectivity index (χ3n) is 7.43. The van der Waals surface area contributed by atoms with Crippen molar-refractivity contribution in [2.24, 2.45) is 0 Å². The summed E-state index contributed by atoms with van der Waals surface area (Å²) in [5.74, 6) is -0.479. The third kappa shape index (κ3) is 8.01. The summed E-state index contributed by atoms with van der Waals surface area (Å²) in [6, 6.07) is 28.7. The first-order valence-electron chi connectivity index (χ1n) is 14.2. The number of carbonyl (C=O) groups excluding carboxylic acids is 1. The molecule has 0 saturated carbocycles. The SMILES string of the molecule is C[C@H]1O[C@@H](O[C@@H]2C[C@@H](O)O[C@H](C)[C@H]2OC(=O)c2ccccc2)C[C@@H](OCc2ccccc2)[C@@H]1OCc1ccccc1. The molecule has 218 valence electrons. The maximum Gasteiger partial charge on any atom is 0.338 e. The van der Waals surface area contributed by atoms with Crippen LogP contribution in [-0.2, 0) is 41.6 Å². The van der Waals surface area contributed by atoms with E-state index in [2.05, 4.69) is 0 Å². The van der Waals surface area contributed by atoms with Gasteiger partial charge in [0.05, 0.1) is 37.1 Å². The van der Waals surface area contributed by atoms with Gasteiger partial charge in [0.25, 0.3) is 0 Å². The molecule has 2 aliphatic heterocycles. The number of ether oxygens (including phenoxy) is 6. The van der Waals surface area contributed by atoms with Crippen molar-refractivity contribution >= 4 is 5.97 Å². The molecule has 8 atom stereocenters. The third-order valence-corrected chi connectivity index (χ3v) is 7.43. The second-order valence-corrected chi connectivity index (χ2v) is 10.5. The summed E-state index contributed by atoms with van der Waals surface area (Å²) in [6.45, 7) is 4.54. The molecule has 3 aromatic carbocycles. The van der Waals surface area contributed by atoms with Crippen LogP contribution in [0, 0.1) is 0 Å². The molecule has 2 heterocycles. The van der Waals surface area contributed by atoms with E-state index in [9.17, 15) is 9.90 Å². The van der Waals surface area contributed by atoms with Gasteiger partial charge in [-0.2, -0.15) is 0 Å². The molecule has 0 radical (unpaired) electrons. The number of aliphatic hydroxyl groups is 1. The van der Waals surface area contributed by atoms with Crippen LogP contribution in [-0.4, -0.2) is 60.3 Å². The zero-order chi connectivity index (χ0) is 28.6. The summed E-state index contributed by atoms with van der Waals surface area (Å²) in [5.41, 5.74) is 2.55. The zero-order valence-corrected chi connectivity index (χ0v) is 23.4. The summed E-state index contributed by atoms with van der Waals surface area (Å²) in [7, 11) is 0. The normalized spacial score (nSPS) is 30.0. The lowest BCUT2D eigenvalue weighted by Gasteiger charge is -2.43. The highest BCUT2D eigenvalue weighted by atomic mass is 16.7. The van der Waals surface area contributed by atoms with Crippen molar-refractivity contribution in [3.63, 3.8) is 0 Å². The van der Waals surface area contributed by atoms with Gasteiger partial charge < -0.3 is 33.5 Å². The number of aliphatic hydroxyl groups excluding tert-OH is 1. The van der Waals surface area contributed by atoms with Crippen molar-refractivity contribution in [2.45, 2.75) is 89.1 Å². The van der Waals surface area contributed by atoms with Crippen molar-refractivity contribution in [1.82, 2.24) is 0 Å². The number of carbonyl (C=O) groups is 1. The predicted molar refractivity (Wildman–Crippen MR) is 151 cm³/mol. The summed E-state index contributed by atoms with van der Waals surface area (Å²) in [6.07, 6.45) is -4.12. The summed E-state index contributed by atoms with van der Waals surface area (Å²) >= 11 is 0. The van der Waals surface area contributed by atoms with E-state index in [1.165, 1.54) is 0 Å². The van der Waals surface area contributed by atoms with Crippen molar-refractivity contribution in [3.8, 4) is 0 Å². The van der Waals surface area contributed by atoms with Gasteiger partial charge in [-0.15, -0.1) is 0 Å². The molecule has 8 heteroatoms. The molecule has 0 amide bonds. The van der Waals surface area contributed by atoms with Crippen LogP contribution in [0.25, 0.3) is 0 Å². The molecule has 0 unspecified atom stereocenters. The van der Waals surface area contributed by atoms with E-state index in [0.29, 0.717) is 25.2 Å². The molecular formula is C33H38O8. The van der Waals surface area contributed by atoms with Crippen LogP contribution in [0.2, 0.25) is 0 Å². The van der Waals surface area contributed by atoms with Crippen LogP contribution < -0.4 is 0 Å². The molecule has 3 aromatic rings. The predicted octanol–water partition coefficient (Wildman–Crippen LogP) is 5.03. The van der Waals surface area contributed by atoms with Crippen molar-refractivity contribution in [1.29, 1.82) is 0 Å². The van der Waals surface area contributed by atoms with Crippen LogP contribution in [0.5, 0.6) is 0 Å². The Morgan fingerprint density at radius 2 is 1.29 bits per heavy atom. The van der Waals surface area contributed by atoms with E-state index in [1.54, 1.807) is 31.2 Å². The van der Waals surface area contributed by atoms with Crippen LogP contribution in [0.1, 0.15) is 48.2 Å². The number of benzene rings is 3. The van der Waals surface area contributed by atoms with E-state index in [1.807, 2.05) is 73.7 Å². The van der Waals surface area contributed by atoms with Crippen molar-refractivity contribution in [3.05, 3.63) is 108 Å². The highest BCUT2D eigenvalue weighted by molar-refractivity contribution is 5.89. The second-order valence-electron chi connectivity index (χ2n) is 10.5. The maximum atomic E-state index is 12.9. The average molecular weight is 563 g/mol. The Labute approximate surface area is 241 Å².